The maximum absolute atomic E-state index is 13.2. The van der Waals surface area contributed by atoms with E-state index in [-0.39, 0.29) is 5.69 Å². The third-order valence-electron chi connectivity index (χ3n) is 1.38. The molecule has 0 N–H and O–H groups in total. The monoisotopic (exact) mass is 228 g/mol. The molecule has 0 aliphatic heterocycles. The van der Waals surface area contributed by atoms with Gasteiger partial charge in [0.15, 0.2) is 5.82 Å². The number of nitrogens with zero attached hydrogens (tertiary/aromatic N) is 2. The molecule has 0 amide bonds. The summed E-state index contributed by atoms with van der Waals surface area (Å²) < 4.78 is 13.5. The van der Waals surface area contributed by atoms with Gasteiger partial charge in [-0.3, -0.25) is 9.98 Å². The van der Waals surface area contributed by atoms with Crippen LogP contribution in [0.2, 0.25) is 0 Å². The molecule has 0 saturated heterocycles. The lowest BCUT2D eigenvalue weighted by Gasteiger charge is -2.01. The number of rotatable bonds is 2. The molecule has 0 saturated carbocycles. The van der Waals surface area contributed by atoms with Crippen molar-refractivity contribution < 1.29 is 4.39 Å². The Morgan fingerprint density at radius 1 is 1.25 bits per heavy atom. The molecule has 12 heavy (non-hydrogen) atoms. The molecule has 2 nitrogen and oxygen atoms in total. The lowest BCUT2D eigenvalue weighted by atomic mass is 10.2. The minimum atomic E-state index is -0.463. The van der Waals surface area contributed by atoms with E-state index in [0.717, 1.165) is 0 Å². The van der Waals surface area contributed by atoms with E-state index in [1.165, 1.54) is 0 Å². The molecule has 0 aliphatic rings. The Morgan fingerprint density at radius 2 is 1.92 bits per heavy atom. The standard InChI is InChI=1S/C8H6BrFN2/c1-11-6-4-3-5(9)7(10)8(6)12-2/h3-4H,1-2H2. The lowest BCUT2D eigenvalue weighted by Crippen LogP contribution is -1.78. The Kier molecular flexibility index (Phi) is 2.70. The first-order valence-corrected chi connectivity index (χ1v) is 3.91. The fraction of sp³-hybridized carbons (Fsp3) is 0. The van der Waals surface area contributed by atoms with Gasteiger partial charge in [-0.15, -0.1) is 0 Å². The van der Waals surface area contributed by atoms with E-state index < -0.39 is 5.82 Å². The summed E-state index contributed by atoms with van der Waals surface area (Å²) in [5, 5.41) is 0. The van der Waals surface area contributed by atoms with Crippen LogP contribution in [0.3, 0.4) is 0 Å². The summed E-state index contributed by atoms with van der Waals surface area (Å²) in [4.78, 5) is 7.11. The van der Waals surface area contributed by atoms with Gasteiger partial charge in [0.1, 0.15) is 5.69 Å². The highest BCUT2D eigenvalue weighted by Gasteiger charge is 2.08. The highest BCUT2D eigenvalue weighted by atomic mass is 79.9. The Hall–Kier alpha value is -1.03. The summed E-state index contributed by atoms with van der Waals surface area (Å²) in [5.41, 5.74) is 0.519. The molecule has 1 aromatic rings. The van der Waals surface area contributed by atoms with E-state index in [0.29, 0.717) is 10.2 Å². The lowest BCUT2D eigenvalue weighted by molar-refractivity contribution is 0.624. The van der Waals surface area contributed by atoms with Crippen molar-refractivity contribution in [3.05, 3.63) is 22.4 Å². The fourth-order valence-corrected chi connectivity index (χ4v) is 1.13. The smallest absolute Gasteiger partial charge is 0.165 e. The summed E-state index contributed by atoms with van der Waals surface area (Å²) in [7, 11) is 0. The molecule has 0 radical (unpaired) electrons. The van der Waals surface area contributed by atoms with Crippen molar-refractivity contribution in [1.29, 1.82) is 0 Å². The van der Waals surface area contributed by atoms with Crippen LogP contribution in [0.5, 0.6) is 0 Å². The molecule has 0 bridgehead atoms. The van der Waals surface area contributed by atoms with Crippen molar-refractivity contribution in [3.63, 3.8) is 0 Å². The van der Waals surface area contributed by atoms with Gasteiger partial charge in [0, 0.05) is 0 Å². The molecule has 0 spiro atoms. The minimum Gasteiger partial charge on any atom is -0.262 e. The maximum Gasteiger partial charge on any atom is 0.165 e. The summed E-state index contributed by atoms with van der Waals surface area (Å²) in [6.45, 7) is 6.53. The predicted molar refractivity (Wildman–Crippen MR) is 52.5 cm³/mol. The number of hydrogen-bond donors (Lipinski definition) is 0. The summed E-state index contributed by atoms with van der Waals surface area (Å²) in [6.07, 6.45) is 0. The molecule has 0 unspecified atom stereocenters. The molecular formula is C8H6BrFN2. The Morgan fingerprint density at radius 3 is 2.42 bits per heavy atom. The van der Waals surface area contributed by atoms with Crippen molar-refractivity contribution in [2.45, 2.75) is 0 Å². The summed E-state index contributed by atoms with van der Waals surface area (Å²) in [6, 6.07) is 3.16. The highest BCUT2D eigenvalue weighted by Crippen LogP contribution is 2.34. The van der Waals surface area contributed by atoms with Crippen molar-refractivity contribution in [3.8, 4) is 0 Å². The SMILES string of the molecule is C=Nc1ccc(Br)c(F)c1N=C. The van der Waals surface area contributed by atoms with E-state index in [4.69, 9.17) is 0 Å². The Labute approximate surface area is 78.0 Å². The summed E-state index contributed by atoms with van der Waals surface area (Å²) >= 11 is 3.03. The first kappa shape index (κ1) is 9.06. The number of benzene rings is 1. The number of halogens is 2. The maximum atomic E-state index is 13.2. The van der Waals surface area contributed by atoms with Gasteiger partial charge in [-0.25, -0.2) is 4.39 Å². The van der Waals surface area contributed by atoms with Crippen molar-refractivity contribution in [2.75, 3.05) is 0 Å². The van der Waals surface area contributed by atoms with E-state index in [2.05, 4.69) is 39.3 Å². The molecule has 62 valence electrons. The largest absolute Gasteiger partial charge is 0.262 e. The van der Waals surface area contributed by atoms with E-state index in [1.807, 2.05) is 0 Å². The number of hydrogen-bond acceptors (Lipinski definition) is 2. The van der Waals surface area contributed by atoms with Gasteiger partial charge in [-0.1, -0.05) is 0 Å². The second kappa shape index (κ2) is 3.58. The van der Waals surface area contributed by atoms with Gasteiger partial charge < -0.3 is 0 Å². The Bertz CT molecular complexity index is 336. The third-order valence-corrected chi connectivity index (χ3v) is 1.99. The van der Waals surface area contributed by atoms with Crippen LogP contribution < -0.4 is 0 Å². The molecule has 0 aromatic heterocycles. The topological polar surface area (TPSA) is 24.7 Å². The average Bonchev–Trinajstić information content (AvgIpc) is 2.09. The van der Waals surface area contributed by atoms with E-state index in [9.17, 15) is 4.39 Å². The van der Waals surface area contributed by atoms with Gasteiger partial charge in [0.25, 0.3) is 0 Å². The van der Waals surface area contributed by atoms with Gasteiger partial charge in [-0.05, 0) is 41.5 Å². The van der Waals surface area contributed by atoms with E-state index in [1.54, 1.807) is 12.1 Å². The molecular weight excluding hydrogens is 223 g/mol. The van der Waals surface area contributed by atoms with Gasteiger partial charge in [-0.2, -0.15) is 0 Å². The minimum absolute atomic E-state index is 0.124. The van der Waals surface area contributed by atoms with Crippen LogP contribution in [0.25, 0.3) is 0 Å². The first-order valence-electron chi connectivity index (χ1n) is 3.12. The van der Waals surface area contributed by atoms with Crippen LogP contribution in [0.1, 0.15) is 0 Å². The molecule has 4 heteroatoms. The van der Waals surface area contributed by atoms with Crippen LogP contribution in [0, 0.1) is 5.82 Å². The molecule has 0 fully saturated rings. The van der Waals surface area contributed by atoms with E-state index >= 15 is 0 Å². The number of aliphatic imine (C=N–C) groups is 2. The fourth-order valence-electron chi connectivity index (χ4n) is 0.808. The molecule has 1 aromatic carbocycles. The third kappa shape index (κ3) is 1.43. The molecule has 1 rings (SSSR count). The van der Waals surface area contributed by atoms with Crippen molar-refractivity contribution in [2.24, 2.45) is 9.98 Å². The van der Waals surface area contributed by atoms with Crippen molar-refractivity contribution in [1.82, 2.24) is 0 Å². The second-order valence-electron chi connectivity index (χ2n) is 2.05. The molecule has 0 atom stereocenters. The highest BCUT2D eigenvalue weighted by molar-refractivity contribution is 9.10. The zero-order chi connectivity index (χ0) is 9.14. The summed E-state index contributed by atoms with van der Waals surface area (Å²) in [5.74, 6) is -0.463. The predicted octanol–water partition coefficient (Wildman–Crippen LogP) is 3.25. The van der Waals surface area contributed by atoms with Crippen LogP contribution in [0.15, 0.2) is 26.6 Å². The van der Waals surface area contributed by atoms with Gasteiger partial charge >= 0.3 is 0 Å². The van der Waals surface area contributed by atoms with Crippen molar-refractivity contribution >= 4 is 40.7 Å². The van der Waals surface area contributed by atoms with Crippen LogP contribution in [-0.4, -0.2) is 13.4 Å². The quantitative estimate of drug-likeness (QED) is 0.695. The zero-order valence-electron chi connectivity index (χ0n) is 6.22. The normalized spacial score (nSPS) is 9.50. The first-order chi connectivity index (χ1) is 5.70. The second-order valence-corrected chi connectivity index (χ2v) is 2.90. The Balaban J connectivity index is 3.45. The van der Waals surface area contributed by atoms with Crippen LogP contribution >= 0.6 is 15.9 Å². The molecule has 0 aliphatic carbocycles. The average molecular weight is 229 g/mol. The van der Waals surface area contributed by atoms with Gasteiger partial charge in [0.2, 0.25) is 0 Å². The van der Waals surface area contributed by atoms with Crippen LogP contribution in [-0.2, 0) is 0 Å². The zero-order valence-corrected chi connectivity index (χ0v) is 7.81. The van der Waals surface area contributed by atoms with Gasteiger partial charge in [0.05, 0.1) is 10.2 Å². The van der Waals surface area contributed by atoms with Crippen LogP contribution in [0.4, 0.5) is 15.8 Å². The molecule has 0 heterocycles.